The molecule has 1 aromatic heterocycles. The van der Waals surface area contributed by atoms with Gasteiger partial charge in [0.25, 0.3) is 0 Å². The van der Waals surface area contributed by atoms with E-state index < -0.39 is 0 Å². The number of piperazine rings is 1. The van der Waals surface area contributed by atoms with Crippen molar-refractivity contribution in [2.75, 3.05) is 31.1 Å². The number of pyridine rings is 1. The van der Waals surface area contributed by atoms with Crippen LogP contribution in [0.2, 0.25) is 5.02 Å². The summed E-state index contributed by atoms with van der Waals surface area (Å²) in [6.45, 7) is 4.54. The monoisotopic (exact) mass is 285 g/mol. The number of nitrogens with zero attached hydrogens (tertiary/aromatic N) is 3. The summed E-state index contributed by atoms with van der Waals surface area (Å²) in [5.74, 6) is 1.46. The predicted octanol–water partition coefficient (Wildman–Crippen LogP) is 2.76. The number of anilines is 1. The van der Waals surface area contributed by atoms with Crippen LogP contribution in [0.4, 0.5) is 5.82 Å². The number of hydrogen-bond donors (Lipinski definition) is 0. The molecule has 0 amide bonds. The lowest BCUT2D eigenvalue weighted by Gasteiger charge is -2.38. The molecule has 2 aliphatic rings. The van der Waals surface area contributed by atoms with Gasteiger partial charge in [-0.3, -0.25) is 4.90 Å². The molecule has 2 aliphatic heterocycles. The molecule has 1 aromatic rings. The second-order valence-corrected chi connectivity index (χ2v) is 5.72. The molecular formula is C13H17Cl2N3. The van der Waals surface area contributed by atoms with Crippen molar-refractivity contribution < 1.29 is 0 Å². The van der Waals surface area contributed by atoms with Crippen molar-refractivity contribution in [3.05, 3.63) is 22.8 Å². The summed E-state index contributed by atoms with van der Waals surface area (Å²) in [5.41, 5.74) is 0.970. The molecular weight excluding hydrogens is 269 g/mol. The Morgan fingerprint density at radius 3 is 3.06 bits per heavy atom. The number of halogens is 2. The predicted molar refractivity (Wildman–Crippen MR) is 75.6 cm³/mol. The van der Waals surface area contributed by atoms with Crippen LogP contribution in [-0.4, -0.2) is 42.1 Å². The summed E-state index contributed by atoms with van der Waals surface area (Å²) in [5, 5.41) is 0.660. The Bertz CT molecular complexity index is 438. The minimum Gasteiger partial charge on any atom is -0.354 e. The van der Waals surface area contributed by atoms with Gasteiger partial charge in [0, 0.05) is 37.8 Å². The molecule has 0 aliphatic carbocycles. The Hall–Kier alpha value is -0.510. The third kappa shape index (κ3) is 2.31. The van der Waals surface area contributed by atoms with Crippen molar-refractivity contribution in [3.8, 4) is 0 Å². The Balaban J connectivity index is 1.78. The lowest BCUT2D eigenvalue weighted by atomic mass is 10.1. The smallest absolute Gasteiger partial charge is 0.128 e. The van der Waals surface area contributed by atoms with Gasteiger partial charge in [0.1, 0.15) is 5.82 Å². The Morgan fingerprint density at radius 2 is 2.22 bits per heavy atom. The zero-order valence-corrected chi connectivity index (χ0v) is 11.8. The minimum absolute atomic E-state index is 0.442. The van der Waals surface area contributed by atoms with Crippen LogP contribution in [0, 0.1) is 0 Å². The standard InChI is InChI=1S/C13H17Cl2N3/c14-7-10-6-13(16-8-12(10)15)18-5-4-17-3-1-2-11(17)9-18/h6,8,11H,1-5,7,9H2. The Kier molecular flexibility index (Phi) is 3.64. The maximum Gasteiger partial charge on any atom is 0.128 e. The molecule has 1 atom stereocenters. The zero-order valence-electron chi connectivity index (χ0n) is 10.3. The third-order valence-electron chi connectivity index (χ3n) is 3.98. The number of aromatic nitrogens is 1. The molecule has 0 saturated carbocycles. The fourth-order valence-corrected chi connectivity index (χ4v) is 3.40. The van der Waals surface area contributed by atoms with Crippen molar-refractivity contribution >= 4 is 29.0 Å². The van der Waals surface area contributed by atoms with Crippen molar-refractivity contribution in [1.29, 1.82) is 0 Å². The van der Waals surface area contributed by atoms with Crippen LogP contribution >= 0.6 is 23.2 Å². The first-order chi connectivity index (χ1) is 8.78. The summed E-state index contributed by atoms with van der Waals surface area (Å²) < 4.78 is 0. The Labute approximate surface area is 118 Å². The topological polar surface area (TPSA) is 19.4 Å². The van der Waals surface area contributed by atoms with Gasteiger partial charge in [-0.25, -0.2) is 4.98 Å². The highest BCUT2D eigenvalue weighted by atomic mass is 35.5. The highest BCUT2D eigenvalue weighted by molar-refractivity contribution is 6.32. The van der Waals surface area contributed by atoms with Crippen LogP contribution in [-0.2, 0) is 5.88 Å². The zero-order chi connectivity index (χ0) is 12.5. The van der Waals surface area contributed by atoms with Crippen LogP contribution in [0.15, 0.2) is 12.3 Å². The maximum atomic E-state index is 6.05. The normalized spacial score (nSPS) is 24.3. The summed E-state index contributed by atoms with van der Waals surface area (Å²) >= 11 is 11.9. The van der Waals surface area contributed by atoms with Gasteiger partial charge in [-0.15, -0.1) is 11.6 Å². The molecule has 3 rings (SSSR count). The largest absolute Gasteiger partial charge is 0.354 e. The molecule has 1 unspecified atom stereocenters. The van der Waals surface area contributed by atoms with E-state index in [9.17, 15) is 0 Å². The first kappa shape index (κ1) is 12.5. The van der Waals surface area contributed by atoms with E-state index in [1.54, 1.807) is 6.20 Å². The SMILES string of the molecule is ClCc1cc(N2CCN3CCCC3C2)ncc1Cl. The van der Waals surface area contributed by atoms with Gasteiger partial charge >= 0.3 is 0 Å². The average molecular weight is 286 g/mol. The molecule has 18 heavy (non-hydrogen) atoms. The first-order valence-corrected chi connectivity index (χ1v) is 7.38. The molecule has 3 nitrogen and oxygen atoms in total. The summed E-state index contributed by atoms with van der Waals surface area (Å²) in [6, 6.07) is 2.73. The van der Waals surface area contributed by atoms with Gasteiger partial charge < -0.3 is 4.90 Å². The second kappa shape index (κ2) is 5.24. The molecule has 98 valence electrons. The van der Waals surface area contributed by atoms with Gasteiger partial charge in [0.15, 0.2) is 0 Å². The number of alkyl halides is 1. The quantitative estimate of drug-likeness (QED) is 0.779. The molecule has 0 spiro atoms. The van der Waals surface area contributed by atoms with Crippen LogP contribution in [0.25, 0.3) is 0 Å². The lowest BCUT2D eigenvalue weighted by Crippen LogP contribution is -2.50. The number of rotatable bonds is 2. The Morgan fingerprint density at radius 1 is 1.33 bits per heavy atom. The minimum atomic E-state index is 0.442. The highest BCUT2D eigenvalue weighted by Crippen LogP contribution is 2.27. The van der Waals surface area contributed by atoms with E-state index in [4.69, 9.17) is 23.2 Å². The number of fused-ring (bicyclic) bond motifs is 1. The van der Waals surface area contributed by atoms with E-state index in [0.717, 1.165) is 31.0 Å². The van der Waals surface area contributed by atoms with Crippen LogP contribution < -0.4 is 4.90 Å². The fraction of sp³-hybridized carbons (Fsp3) is 0.615. The van der Waals surface area contributed by atoms with Crippen molar-refractivity contribution in [1.82, 2.24) is 9.88 Å². The van der Waals surface area contributed by atoms with E-state index in [0.29, 0.717) is 16.9 Å². The summed E-state index contributed by atoms with van der Waals surface area (Å²) in [7, 11) is 0. The highest BCUT2D eigenvalue weighted by Gasteiger charge is 2.31. The van der Waals surface area contributed by atoms with Crippen molar-refractivity contribution in [2.45, 2.75) is 24.8 Å². The van der Waals surface area contributed by atoms with E-state index in [2.05, 4.69) is 14.8 Å². The van der Waals surface area contributed by atoms with Gasteiger partial charge in [0.2, 0.25) is 0 Å². The average Bonchev–Trinajstić information content (AvgIpc) is 2.86. The molecule has 5 heteroatoms. The van der Waals surface area contributed by atoms with E-state index in [1.165, 1.54) is 19.4 Å². The van der Waals surface area contributed by atoms with Gasteiger partial charge in [-0.1, -0.05) is 11.6 Å². The van der Waals surface area contributed by atoms with E-state index >= 15 is 0 Å². The maximum absolute atomic E-state index is 6.05. The first-order valence-electron chi connectivity index (χ1n) is 6.47. The van der Waals surface area contributed by atoms with Crippen molar-refractivity contribution in [2.24, 2.45) is 0 Å². The van der Waals surface area contributed by atoms with Crippen molar-refractivity contribution in [3.63, 3.8) is 0 Å². The third-order valence-corrected chi connectivity index (χ3v) is 4.60. The molecule has 0 bridgehead atoms. The van der Waals surface area contributed by atoms with Gasteiger partial charge in [0.05, 0.1) is 5.02 Å². The van der Waals surface area contributed by atoms with Gasteiger partial charge in [-0.05, 0) is 31.0 Å². The molecule has 2 saturated heterocycles. The van der Waals surface area contributed by atoms with Crippen LogP contribution in [0.5, 0.6) is 0 Å². The van der Waals surface area contributed by atoms with Crippen LogP contribution in [0.3, 0.4) is 0 Å². The molecule has 3 heterocycles. The second-order valence-electron chi connectivity index (χ2n) is 5.05. The molecule has 0 radical (unpaired) electrons. The molecule has 0 N–H and O–H groups in total. The summed E-state index contributed by atoms with van der Waals surface area (Å²) in [6.07, 6.45) is 4.36. The molecule has 0 aromatic carbocycles. The summed E-state index contributed by atoms with van der Waals surface area (Å²) in [4.78, 5) is 9.39. The number of hydrogen-bond acceptors (Lipinski definition) is 3. The van der Waals surface area contributed by atoms with E-state index in [-0.39, 0.29) is 0 Å². The molecule has 2 fully saturated rings. The fourth-order valence-electron chi connectivity index (χ4n) is 2.94. The van der Waals surface area contributed by atoms with E-state index in [1.807, 2.05) is 6.07 Å². The van der Waals surface area contributed by atoms with Gasteiger partial charge in [-0.2, -0.15) is 0 Å². The lowest BCUT2D eigenvalue weighted by molar-refractivity contribution is 0.230. The van der Waals surface area contributed by atoms with Crippen LogP contribution in [0.1, 0.15) is 18.4 Å².